The molecule has 1 N–H and O–H groups in total. The minimum absolute atomic E-state index is 0.506. The van der Waals surface area contributed by atoms with Crippen LogP contribution >= 0.6 is 0 Å². The van der Waals surface area contributed by atoms with Crippen LogP contribution in [0.3, 0.4) is 0 Å². The van der Waals surface area contributed by atoms with Crippen LogP contribution < -0.4 is 5.32 Å². The van der Waals surface area contributed by atoms with Crippen LogP contribution in [0.15, 0.2) is 11.6 Å². The summed E-state index contributed by atoms with van der Waals surface area (Å²) in [6, 6.07) is 0.728. The van der Waals surface area contributed by atoms with Crippen LogP contribution in [0.1, 0.15) is 72.6 Å². The Labute approximate surface area is 113 Å². The summed E-state index contributed by atoms with van der Waals surface area (Å²) < 4.78 is 0. The Morgan fingerprint density at radius 1 is 1.17 bits per heavy atom. The van der Waals surface area contributed by atoms with Crippen LogP contribution in [0.5, 0.6) is 0 Å². The summed E-state index contributed by atoms with van der Waals surface area (Å²) in [5.74, 6) is 0. The van der Waals surface area contributed by atoms with Crippen molar-refractivity contribution in [3.63, 3.8) is 0 Å². The Morgan fingerprint density at radius 3 is 2.39 bits per heavy atom. The van der Waals surface area contributed by atoms with Crippen molar-refractivity contribution in [1.29, 1.82) is 0 Å². The van der Waals surface area contributed by atoms with Crippen molar-refractivity contribution >= 4 is 0 Å². The number of allylic oxidation sites excluding steroid dienone is 1. The van der Waals surface area contributed by atoms with E-state index in [4.69, 9.17) is 0 Å². The zero-order chi connectivity index (χ0) is 13.2. The molecular formula is C17H31N. The van der Waals surface area contributed by atoms with E-state index in [1.54, 1.807) is 5.57 Å². The predicted octanol–water partition coefficient (Wildman–Crippen LogP) is 4.68. The molecule has 2 rings (SSSR count). The Bertz CT molecular complexity index is 296. The van der Waals surface area contributed by atoms with Crippen molar-refractivity contribution in [2.45, 2.75) is 78.7 Å². The van der Waals surface area contributed by atoms with Gasteiger partial charge in [-0.05, 0) is 62.3 Å². The zero-order valence-electron chi connectivity index (χ0n) is 12.8. The standard InChI is InChI=1S/C17H31N/c1-16(2)11-15(12-17(3,4)13-16)18-10-9-14-7-5-6-8-14/h7,15,18H,5-6,8-13H2,1-4H3. The maximum Gasteiger partial charge on any atom is 0.00773 e. The van der Waals surface area contributed by atoms with Crippen LogP contribution in [0.25, 0.3) is 0 Å². The van der Waals surface area contributed by atoms with E-state index in [-0.39, 0.29) is 0 Å². The van der Waals surface area contributed by atoms with Crippen molar-refractivity contribution < 1.29 is 0 Å². The molecule has 0 radical (unpaired) electrons. The average molecular weight is 249 g/mol. The summed E-state index contributed by atoms with van der Waals surface area (Å²) in [6.07, 6.45) is 11.8. The fraction of sp³-hybridized carbons (Fsp3) is 0.882. The van der Waals surface area contributed by atoms with Gasteiger partial charge in [0.05, 0.1) is 0 Å². The first-order valence-electron chi connectivity index (χ1n) is 7.78. The first kappa shape index (κ1) is 14.1. The molecule has 0 aromatic heterocycles. The first-order valence-corrected chi connectivity index (χ1v) is 7.78. The number of hydrogen-bond donors (Lipinski definition) is 1. The van der Waals surface area contributed by atoms with Gasteiger partial charge in [0.15, 0.2) is 0 Å². The minimum atomic E-state index is 0.506. The highest BCUT2D eigenvalue weighted by Crippen LogP contribution is 2.45. The first-order chi connectivity index (χ1) is 8.36. The van der Waals surface area contributed by atoms with Gasteiger partial charge >= 0.3 is 0 Å². The predicted molar refractivity (Wildman–Crippen MR) is 79.8 cm³/mol. The third-order valence-corrected chi connectivity index (χ3v) is 4.57. The monoisotopic (exact) mass is 249 g/mol. The molecule has 0 aromatic carbocycles. The van der Waals surface area contributed by atoms with Crippen LogP contribution in [0.2, 0.25) is 0 Å². The van der Waals surface area contributed by atoms with Gasteiger partial charge in [-0.1, -0.05) is 39.3 Å². The Hall–Kier alpha value is -0.300. The molecule has 1 nitrogen and oxygen atoms in total. The summed E-state index contributed by atoms with van der Waals surface area (Å²) in [5.41, 5.74) is 2.70. The molecule has 0 heterocycles. The van der Waals surface area contributed by atoms with E-state index >= 15 is 0 Å². The zero-order valence-corrected chi connectivity index (χ0v) is 12.8. The highest BCUT2D eigenvalue weighted by atomic mass is 14.9. The van der Waals surface area contributed by atoms with Crippen molar-refractivity contribution in [2.24, 2.45) is 10.8 Å². The molecule has 104 valence electrons. The quantitative estimate of drug-likeness (QED) is 0.713. The second-order valence-corrected chi connectivity index (χ2v) is 8.07. The molecule has 0 aliphatic heterocycles. The molecule has 0 aromatic rings. The van der Waals surface area contributed by atoms with Crippen LogP contribution in [0, 0.1) is 10.8 Å². The van der Waals surface area contributed by atoms with Gasteiger partial charge in [0.25, 0.3) is 0 Å². The number of hydrogen-bond acceptors (Lipinski definition) is 1. The molecule has 2 aliphatic rings. The van der Waals surface area contributed by atoms with Crippen LogP contribution in [-0.4, -0.2) is 12.6 Å². The SMILES string of the molecule is CC1(C)CC(NCCC2=CCCC2)CC(C)(C)C1. The second kappa shape index (κ2) is 5.36. The van der Waals surface area contributed by atoms with E-state index in [1.165, 1.54) is 51.5 Å². The Kier molecular flexibility index (Phi) is 4.21. The van der Waals surface area contributed by atoms with Gasteiger partial charge in [-0.2, -0.15) is 0 Å². The van der Waals surface area contributed by atoms with Gasteiger partial charge in [-0.3, -0.25) is 0 Å². The van der Waals surface area contributed by atoms with Gasteiger partial charge in [0, 0.05) is 6.04 Å². The third-order valence-electron chi connectivity index (χ3n) is 4.57. The summed E-state index contributed by atoms with van der Waals surface area (Å²) >= 11 is 0. The van der Waals surface area contributed by atoms with Gasteiger partial charge in [-0.15, -0.1) is 0 Å². The maximum atomic E-state index is 3.82. The van der Waals surface area contributed by atoms with Gasteiger partial charge in [0.2, 0.25) is 0 Å². The molecule has 0 amide bonds. The molecule has 0 atom stereocenters. The smallest absolute Gasteiger partial charge is 0.00773 e. The van der Waals surface area contributed by atoms with E-state index in [1.807, 2.05) is 0 Å². The summed E-state index contributed by atoms with van der Waals surface area (Å²) in [6.45, 7) is 10.9. The highest BCUT2D eigenvalue weighted by molar-refractivity contribution is 5.07. The lowest BCUT2D eigenvalue weighted by Crippen LogP contribution is -2.44. The van der Waals surface area contributed by atoms with Crippen molar-refractivity contribution in [2.75, 3.05) is 6.54 Å². The minimum Gasteiger partial charge on any atom is -0.314 e. The number of nitrogens with one attached hydrogen (secondary N) is 1. The lowest BCUT2D eigenvalue weighted by atomic mass is 9.63. The molecule has 1 saturated carbocycles. The van der Waals surface area contributed by atoms with E-state index < -0.39 is 0 Å². The number of rotatable bonds is 4. The van der Waals surface area contributed by atoms with Crippen molar-refractivity contribution in [3.05, 3.63) is 11.6 Å². The molecule has 1 heteroatoms. The molecule has 0 saturated heterocycles. The Morgan fingerprint density at radius 2 is 1.83 bits per heavy atom. The average Bonchev–Trinajstić information content (AvgIpc) is 2.65. The Balaban J connectivity index is 1.78. The largest absolute Gasteiger partial charge is 0.314 e. The third kappa shape index (κ3) is 4.12. The van der Waals surface area contributed by atoms with E-state index in [0.29, 0.717) is 10.8 Å². The lowest BCUT2D eigenvalue weighted by Gasteiger charge is -2.45. The molecule has 0 bridgehead atoms. The topological polar surface area (TPSA) is 12.0 Å². The molecule has 18 heavy (non-hydrogen) atoms. The highest BCUT2D eigenvalue weighted by Gasteiger charge is 2.37. The summed E-state index contributed by atoms with van der Waals surface area (Å²) in [7, 11) is 0. The molecule has 1 fully saturated rings. The van der Waals surface area contributed by atoms with Crippen LogP contribution in [-0.2, 0) is 0 Å². The van der Waals surface area contributed by atoms with E-state index in [2.05, 4.69) is 39.1 Å². The molecular weight excluding hydrogens is 218 g/mol. The molecule has 2 aliphatic carbocycles. The lowest BCUT2D eigenvalue weighted by molar-refractivity contribution is 0.0854. The molecule has 0 unspecified atom stereocenters. The van der Waals surface area contributed by atoms with Gasteiger partial charge in [-0.25, -0.2) is 0 Å². The van der Waals surface area contributed by atoms with Gasteiger partial charge < -0.3 is 5.32 Å². The van der Waals surface area contributed by atoms with Crippen molar-refractivity contribution in [1.82, 2.24) is 5.32 Å². The summed E-state index contributed by atoms with van der Waals surface area (Å²) in [4.78, 5) is 0. The van der Waals surface area contributed by atoms with Gasteiger partial charge in [0.1, 0.15) is 0 Å². The maximum absolute atomic E-state index is 3.82. The van der Waals surface area contributed by atoms with E-state index in [0.717, 1.165) is 6.04 Å². The second-order valence-electron chi connectivity index (χ2n) is 8.07. The van der Waals surface area contributed by atoms with Crippen LogP contribution in [0.4, 0.5) is 0 Å². The fourth-order valence-electron chi connectivity index (χ4n) is 4.39. The summed E-state index contributed by atoms with van der Waals surface area (Å²) in [5, 5.41) is 3.82. The fourth-order valence-corrected chi connectivity index (χ4v) is 4.39. The van der Waals surface area contributed by atoms with E-state index in [9.17, 15) is 0 Å². The normalized spacial score (nSPS) is 27.2. The van der Waals surface area contributed by atoms with Crippen molar-refractivity contribution in [3.8, 4) is 0 Å². The molecule has 0 spiro atoms.